The Labute approximate surface area is 114 Å². The van der Waals surface area contributed by atoms with Gasteiger partial charge >= 0.3 is 0 Å². The number of hydrogen-bond donors (Lipinski definition) is 2. The Balaban J connectivity index is 2.32. The largest absolute Gasteiger partial charge is 0.372 e. The molecule has 1 aromatic heterocycles. The summed E-state index contributed by atoms with van der Waals surface area (Å²) in [6.45, 7) is 5.12. The highest BCUT2D eigenvalue weighted by molar-refractivity contribution is 5.64. The van der Waals surface area contributed by atoms with E-state index >= 15 is 0 Å². The van der Waals surface area contributed by atoms with Crippen LogP contribution in [-0.4, -0.2) is 23.1 Å². The van der Waals surface area contributed by atoms with Crippen LogP contribution in [0.4, 0.5) is 5.82 Å². The van der Waals surface area contributed by atoms with Gasteiger partial charge in [-0.1, -0.05) is 38.1 Å². The van der Waals surface area contributed by atoms with Crippen LogP contribution in [0.5, 0.6) is 0 Å². The first-order valence-corrected chi connectivity index (χ1v) is 6.52. The summed E-state index contributed by atoms with van der Waals surface area (Å²) in [6, 6.07) is 8.75. The highest BCUT2D eigenvalue weighted by Gasteiger charge is 2.07. The molecule has 19 heavy (non-hydrogen) atoms. The predicted octanol–water partition coefficient (Wildman–Crippen LogP) is 2.68. The zero-order valence-corrected chi connectivity index (χ0v) is 11.6. The molecule has 0 amide bonds. The second-order valence-corrected chi connectivity index (χ2v) is 4.73. The van der Waals surface area contributed by atoms with Gasteiger partial charge in [0.25, 0.3) is 0 Å². The minimum atomic E-state index is 0.461. The first-order valence-electron chi connectivity index (χ1n) is 6.52. The number of nitrogens with one attached hydrogen (secondary N) is 2. The summed E-state index contributed by atoms with van der Waals surface area (Å²) in [4.78, 5) is 8.77. The summed E-state index contributed by atoms with van der Waals surface area (Å²) in [7, 11) is 1.85. The molecule has 0 radical (unpaired) electrons. The van der Waals surface area contributed by atoms with Gasteiger partial charge in [0, 0.05) is 25.2 Å². The molecule has 0 aliphatic rings. The zero-order chi connectivity index (χ0) is 13.7. The van der Waals surface area contributed by atoms with Crippen molar-refractivity contribution < 1.29 is 0 Å². The molecule has 2 rings (SSSR count). The lowest BCUT2D eigenvalue weighted by molar-refractivity contribution is 0.589. The van der Waals surface area contributed by atoms with E-state index in [1.807, 2.05) is 13.1 Å². The molecule has 4 heteroatoms. The highest BCUT2D eigenvalue weighted by Crippen LogP contribution is 2.22. The van der Waals surface area contributed by atoms with Gasteiger partial charge in [0.05, 0.1) is 18.1 Å². The predicted molar refractivity (Wildman–Crippen MR) is 79.0 cm³/mol. The molecule has 4 nitrogen and oxygen atoms in total. The lowest BCUT2D eigenvalue weighted by atomic mass is 10.0. The van der Waals surface area contributed by atoms with Gasteiger partial charge in [-0.3, -0.25) is 4.98 Å². The van der Waals surface area contributed by atoms with Crippen LogP contribution in [0.3, 0.4) is 0 Å². The van der Waals surface area contributed by atoms with Crippen molar-refractivity contribution in [1.29, 1.82) is 0 Å². The monoisotopic (exact) mass is 256 g/mol. The molecule has 1 heterocycles. The quantitative estimate of drug-likeness (QED) is 0.863. The summed E-state index contributed by atoms with van der Waals surface area (Å²) < 4.78 is 0. The number of benzene rings is 1. The third-order valence-electron chi connectivity index (χ3n) is 2.88. The Morgan fingerprint density at radius 2 is 1.95 bits per heavy atom. The number of aromatic nitrogens is 2. The van der Waals surface area contributed by atoms with E-state index in [1.54, 1.807) is 12.4 Å². The normalized spacial score (nSPS) is 10.7. The lowest BCUT2D eigenvalue weighted by Gasteiger charge is -2.12. The van der Waals surface area contributed by atoms with E-state index in [4.69, 9.17) is 0 Å². The molecular formula is C15H20N4. The molecule has 0 saturated heterocycles. The SMILES string of the molecule is CNc1cncc(-c2ccccc2CNC(C)C)n1. The lowest BCUT2D eigenvalue weighted by Crippen LogP contribution is -2.22. The smallest absolute Gasteiger partial charge is 0.144 e. The van der Waals surface area contributed by atoms with Gasteiger partial charge in [-0.25, -0.2) is 4.98 Å². The van der Waals surface area contributed by atoms with Crippen molar-refractivity contribution in [3.63, 3.8) is 0 Å². The number of hydrogen-bond acceptors (Lipinski definition) is 4. The van der Waals surface area contributed by atoms with E-state index in [-0.39, 0.29) is 0 Å². The maximum Gasteiger partial charge on any atom is 0.144 e. The molecule has 0 atom stereocenters. The molecule has 1 aromatic carbocycles. The van der Waals surface area contributed by atoms with Gasteiger partial charge in [-0.05, 0) is 5.56 Å². The van der Waals surface area contributed by atoms with E-state index in [0.717, 1.165) is 23.6 Å². The number of anilines is 1. The minimum Gasteiger partial charge on any atom is -0.372 e. The van der Waals surface area contributed by atoms with Gasteiger partial charge in [-0.2, -0.15) is 0 Å². The molecular weight excluding hydrogens is 236 g/mol. The second-order valence-electron chi connectivity index (χ2n) is 4.73. The molecule has 2 N–H and O–H groups in total. The van der Waals surface area contributed by atoms with E-state index in [1.165, 1.54) is 5.56 Å². The molecule has 0 saturated carbocycles. The van der Waals surface area contributed by atoms with E-state index in [2.05, 4.69) is 52.6 Å². The van der Waals surface area contributed by atoms with E-state index < -0.39 is 0 Å². The standard InChI is InChI=1S/C15H20N4/c1-11(2)18-8-12-6-4-5-7-13(12)14-9-17-10-15(16-3)19-14/h4-7,9-11,18H,8H2,1-3H3,(H,16,19). The van der Waals surface area contributed by atoms with Crippen molar-refractivity contribution in [3.05, 3.63) is 42.2 Å². The van der Waals surface area contributed by atoms with Crippen LogP contribution in [0.2, 0.25) is 0 Å². The highest BCUT2D eigenvalue weighted by atomic mass is 15.0. The van der Waals surface area contributed by atoms with Crippen LogP contribution in [0, 0.1) is 0 Å². The van der Waals surface area contributed by atoms with Crippen molar-refractivity contribution in [3.8, 4) is 11.3 Å². The van der Waals surface area contributed by atoms with Gasteiger partial charge in [-0.15, -0.1) is 0 Å². The molecule has 0 fully saturated rings. The van der Waals surface area contributed by atoms with Crippen molar-refractivity contribution in [2.45, 2.75) is 26.4 Å². The van der Waals surface area contributed by atoms with Crippen molar-refractivity contribution in [1.82, 2.24) is 15.3 Å². The summed E-state index contributed by atoms with van der Waals surface area (Å²) in [5.74, 6) is 0.782. The molecule has 0 unspecified atom stereocenters. The fourth-order valence-electron chi connectivity index (χ4n) is 1.85. The Morgan fingerprint density at radius 1 is 1.16 bits per heavy atom. The van der Waals surface area contributed by atoms with Crippen LogP contribution in [0.1, 0.15) is 19.4 Å². The molecule has 0 aliphatic heterocycles. The Kier molecular flexibility index (Phi) is 4.47. The van der Waals surface area contributed by atoms with Crippen molar-refractivity contribution in [2.75, 3.05) is 12.4 Å². The first-order chi connectivity index (χ1) is 9.20. The second kappa shape index (κ2) is 6.29. The molecule has 0 spiro atoms. The van der Waals surface area contributed by atoms with E-state index in [0.29, 0.717) is 6.04 Å². The Bertz CT molecular complexity index is 537. The van der Waals surface area contributed by atoms with Crippen molar-refractivity contribution in [2.24, 2.45) is 0 Å². The first kappa shape index (κ1) is 13.5. The van der Waals surface area contributed by atoms with Gasteiger partial charge in [0.1, 0.15) is 5.82 Å². The molecule has 100 valence electrons. The Hall–Kier alpha value is -1.94. The topological polar surface area (TPSA) is 49.8 Å². The van der Waals surface area contributed by atoms with Crippen molar-refractivity contribution >= 4 is 5.82 Å². The van der Waals surface area contributed by atoms with Crippen LogP contribution < -0.4 is 10.6 Å². The number of rotatable bonds is 5. The number of nitrogens with zero attached hydrogens (tertiary/aromatic N) is 2. The van der Waals surface area contributed by atoms with Crippen LogP contribution in [-0.2, 0) is 6.54 Å². The maximum absolute atomic E-state index is 4.55. The summed E-state index contributed by atoms with van der Waals surface area (Å²) in [5, 5.41) is 6.45. The third-order valence-corrected chi connectivity index (χ3v) is 2.88. The van der Waals surface area contributed by atoms with Gasteiger partial charge in [0.2, 0.25) is 0 Å². The Morgan fingerprint density at radius 3 is 2.68 bits per heavy atom. The van der Waals surface area contributed by atoms with Crippen LogP contribution in [0.25, 0.3) is 11.3 Å². The summed E-state index contributed by atoms with van der Waals surface area (Å²) in [5.41, 5.74) is 3.26. The van der Waals surface area contributed by atoms with E-state index in [9.17, 15) is 0 Å². The molecule has 2 aromatic rings. The van der Waals surface area contributed by atoms with Gasteiger partial charge in [0.15, 0.2) is 0 Å². The summed E-state index contributed by atoms with van der Waals surface area (Å²) in [6.07, 6.45) is 3.52. The minimum absolute atomic E-state index is 0.461. The van der Waals surface area contributed by atoms with Crippen LogP contribution in [0.15, 0.2) is 36.7 Å². The zero-order valence-electron chi connectivity index (χ0n) is 11.6. The van der Waals surface area contributed by atoms with Gasteiger partial charge < -0.3 is 10.6 Å². The fraction of sp³-hybridized carbons (Fsp3) is 0.333. The third kappa shape index (κ3) is 3.51. The van der Waals surface area contributed by atoms with Crippen LogP contribution >= 0.6 is 0 Å². The summed E-state index contributed by atoms with van der Waals surface area (Å²) >= 11 is 0. The molecule has 0 aliphatic carbocycles. The molecule has 0 bridgehead atoms. The average molecular weight is 256 g/mol. The maximum atomic E-state index is 4.55. The fourth-order valence-corrected chi connectivity index (χ4v) is 1.85. The average Bonchev–Trinajstić information content (AvgIpc) is 2.45.